The molecule has 0 amide bonds. The number of hydrogen-bond acceptors (Lipinski definition) is 2. The van der Waals surface area contributed by atoms with Crippen LogP contribution in [0.3, 0.4) is 0 Å². The van der Waals surface area contributed by atoms with Crippen molar-refractivity contribution in [2.75, 3.05) is 0 Å². The van der Waals surface area contributed by atoms with Crippen molar-refractivity contribution < 1.29 is 14.0 Å². The molecule has 0 saturated heterocycles. The minimum Gasteiger partial charge on any atom is -0.426 e. The van der Waals surface area contributed by atoms with E-state index in [0.717, 1.165) is 5.56 Å². The molecule has 1 aromatic carbocycles. The maximum absolute atomic E-state index is 10.3. The van der Waals surface area contributed by atoms with E-state index in [2.05, 4.69) is 11.1 Å². The van der Waals surface area contributed by atoms with Crippen LogP contribution < -0.4 is 4.52 Å². The zero-order valence-electron chi connectivity index (χ0n) is 6.36. The summed E-state index contributed by atoms with van der Waals surface area (Å²) in [6.45, 7) is 3.58. The molecule has 1 atom stereocenters. The van der Waals surface area contributed by atoms with E-state index in [1.54, 1.807) is 30.3 Å². The zero-order valence-corrected chi connectivity index (χ0v) is 7.36. The molecule has 1 unspecified atom stereocenters. The maximum Gasteiger partial charge on any atom is 0.365 e. The van der Waals surface area contributed by atoms with Crippen LogP contribution in [0.2, 0.25) is 0 Å². The second-order valence-electron chi connectivity index (χ2n) is 2.14. The van der Waals surface area contributed by atoms with Gasteiger partial charge in [0, 0.05) is 0 Å². The maximum atomic E-state index is 10.3. The van der Waals surface area contributed by atoms with Gasteiger partial charge in [0.25, 0.3) is 0 Å². The molecule has 4 heteroatoms. The second kappa shape index (κ2) is 4.10. The fourth-order valence-corrected chi connectivity index (χ4v) is 1.11. The summed E-state index contributed by atoms with van der Waals surface area (Å²) in [6, 6.07) is 6.76. The highest BCUT2D eigenvalue weighted by molar-refractivity contribution is 7.32. The van der Waals surface area contributed by atoms with Crippen LogP contribution in [0, 0.1) is 0 Å². The Morgan fingerprint density at radius 1 is 1.42 bits per heavy atom. The standard InChI is InChI=1S/C8H9O3P/c1-2-7-3-5-8(6-4-7)11-12(9)10/h2-6,12H,1H2,(H,9,10). The zero-order chi connectivity index (χ0) is 8.97. The molecule has 1 N–H and O–H groups in total. The van der Waals surface area contributed by atoms with E-state index >= 15 is 0 Å². The van der Waals surface area contributed by atoms with Crippen molar-refractivity contribution in [1.29, 1.82) is 0 Å². The summed E-state index contributed by atoms with van der Waals surface area (Å²) >= 11 is 0. The van der Waals surface area contributed by atoms with Crippen molar-refractivity contribution >= 4 is 14.3 Å². The van der Waals surface area contributed by atoms with E-state index in [1.165, 1.54) is 0 Å². The second-order valence-corrected chi connectivity index (χ2v) is 2.88. The molecular formula is C8H9O3P. The van der Waals surface area contributed by atoms with E-state index in [4.69, 9.17) is 4.89 Å². The van der Waals surface area contributed by atoms with Crippen molar-refractivity contribution in [3.05, 3.63) is 36.4 Å². The van der Waals surface area contributed by atoms with Crippen LogP contribution in [0.4, 0.5) is 0 Å². The van der Waals surface area contributed by atoms with Gasteiger partial charge in [0.05, 0.1) is 0 Å². The average Bonchev–Trinajstić information content (AvgIpc) is 2.05. The van der Waals surface area contributed by atoms with Crippen LogP contribution in [0.1, 0.15) is 5.56 Å². The first-order valence-corrected chi connectivity index (χ1v) is 4.62. The average molecular weight is 184 g/mol. The van der Waals surface area contributed by atoms with E-state index < -0.39 is 8.25 Å². The summed E-state index contributed by atoms with van der Waals surface area (Å²) in [7, 11) is -2.88. The van der Waals surface area contributed by atoms with Gasteiger partial charge in [-0.2, -0.15) is 0 Å². The molecule has 0 saturated carbocycles. The van der Waals surface area contributed by atoms with E-state index in [9.17, 15) is 4.57 Å². The Bertz CT molecular complexity index is 292. The van der Waals surface area contributed by atoms with Gasteiger partial charge >= 0.3 is 8.25 Å². The van der Waals surface area contributed by atoms with Crippen molar-refractivity contribution in [3.63, 3.8) is 0 Å². The summed E-state index contributed by atoms with van der Waals surface area (Å²) in [5, 5.41) is 0. The van der Waals surface area contributed by atoms with Gasteiger partial charge in [-0.25, -0.2) is 4.57 Å². The van der Waals surface area contributed by atoms with Gasteiger partial charge in [0.15, 0.2) is 0 Å². The molecule has 0 aliphatic rings. The number of rotatable bonds is 3. The molecule has 1 rings (SSSR count). The van der Waals surface area contributed by atoms with Gasteiger partial charge in [-0.3, -0.25) is 0 Å². The third-order valence-electron chi connectivity index (χ3n) is 1.32. The highest BCUT2D eigenvalue weighted by Gasteiger charge is 1.95. The van der Waals surface area contributed by atoms with E-state index in [1.807, 2.05) is 0 Å². The Labute approximate surface area is 71.3 Å². The van der Waals surface area contributed by atoms with Crippen LogP contribution in [-0.2, 0) is 4.57 Å². The van der Waals surface area contributed by atoms with Crippen molar-refractivity contribution in [3.8, 4) is 5.75 Å². The van der Waals surface area contributed by atoms with Crippen molar-refractivity contribution in [1.82, 2.24) is 0 Å². The Balaban J connectivity index is 2.77. The lowest BCUT2D eigenvalue weighted by atomic mass is 10.2. The molecule has 0 spiro atoms. The van der Waals surface area contributed by atoms with Gasteiger partial charge in [0.2, 0.25) is 0 Å². The van der Waals surface area contributed by atoms with Crippen LogP contribution in [0.5, 0.6) is 5.75 Å². The Morgan fingerprint density at radius 3 is 2.42 bits per heavy atom. The lowest BCUT2D eigenvalue weighted by molar-refractivity contribution is 0.410. The smallest absolute Gasteiger partial charge is 0.365 e. The molecule has 0 bridgehead atoms. The Hall–Kier alpha value is -1.05. The number of benzene rings is 1. The van der Waals surface area contributed by atoms with Crippen LogP contribution in [0.25, 0.3) is 6.08 Å². The summed E-state index contributed by atoms with van der Waals surface area (Å²) in [5.41, 5.74) is 0.944. The Morgan fingerprint density at radius 2 is 2.00 bits per heavy atom. The molecule has 0 aromatic heterocycles. The quantitative estimate of drug-likeness (QED) is 0.731. The molecule has 0 radical (unpaired) electrons. The summed E-state index contributed by atoms with van der Waals surface area (Å²) in [5.74, 6) is 0.395. The SMILES string of the molecule is C=Cc1ccc(O[PH](=O)O)cc1. The lowest BCUT2D eigenvalue weighted by Gasteiger charge is -2.00. The third kappa shape index (κ3) is 2.53. The normalized spacial score (nSPS) is 12.1. The highest BCUT2D eigenvalue weighted by Crippen LogP contribution is 2.22. The van der Waals surface area contributed by atoms with Crippen molar-refractivity contribution in [2.45, 2.75) is 0 Å². The fourth-order valence-electron chi connectivity index (χ4n) is 0.773. The minimum absolute atomic E-state index is 0.395. The summed E-state index contributed by atoms with van der Waals surface area (Å²) in [6.07, 6.45) is 1.69. The third-order valence-corrected chi connectivity index (χ3v) is 1.73. The first-order valence-electron chi connectivity index (χ1n) is 3.35. The molecule has 3 nitrogen and oxygen atoms in total. The Kier molecular flexibility index (Phi) is 3.09. The first kappa shape index (κ1) is 9.04. The largest absolute Gasteiger partial charge is 0.426 e. The van der Waals surface area contributed by atoms with Gasteiger partial charge in [0.1, 0.15) is 5.75 Å². The minimum atomic E-state index is -2.88. The van der Waals surface area contributed by atoms with Crippen LogP contribution in [0.15, 0.2) is 30.8 Å². The fraction of sp³-hybridized carbons (Fsp3) is 0. The van der Waals surface area contributed by atoms with Gasteiger partial charge in [-0.1, -0.05) is 24.8 Å². The van der Waals surface area contributed by atoms with Gasteiger partial charge in [-0.15, -0.1) is 0 Å². The molecule has 0 heterocycles. The summed E-state index contributed by atoms with van der Waals surface area (Å²) < 4.78 is 14.8. The van der Waals surface area contributed by atoms with Gasteiger partial charge < -0.3 is 9.42 Å². The molecule has 64 valence electrons. The lowest BCUT2D eigenvalue weighted by Crippen LogP contribution is -1.79. The van der Waals surface area contributed by atoms with Gasteiger partial charge in [-0.05, 0) is 17.7 Å². The summed E-state index contributed by atoms with van der Waals surface area (Å²) in [4.78, 5) is 8.44. The molecule has 0 aliphatic heterocycles. The predicted octanol–water partition coefficient (Wildman–Crippen LogP) is 2.09. The molecule has 0 fully saturated rings. The molecule has 1 aromatic rings. The predicted molar refractivity (Wildman–Crippen MR) is 48.4 cm³/mol. The topological polar surface area (TPSA) is 46.5 Å². The number of hydrogen-bond donors (Lipinski definition) is 1. The van der Waals surface area contributed by atoms with Crippen LogP contribution >= 0.6 is 8.25 Å². The highest BCUT2D eigenvalue weighted by atomic mass is 31.1. The molecule has 12 heavy (non-hydrogen) atoms. The first-order chi connectivity index (χ1) is 5.72. The van der Waals surface area contributed by atoms with Crippen molar-refractivity contribution in [2.24, 2.45) is 0 Å². The van der Waals surface area contributed by atoms with E-state index in [0.29, 0.717) is 5.75 Å². The molecular weight excluding hydrogens is 175 g/mol. The monoisotopic (exact) mass is 184 g/mol. The van der Waals surface area contributed by atoms with Crippen LogP contribution in [-0.4, -0.2) is 4.89 Å². The molecule has 0 aliphatic carbocycles. The van der Waals surface area contributed by atoms with E-state index in [-0.39, 0.29) is 0 Å².